The maximum Gasteiger partial charge on any atom is 0.262 e. The Morgan fingerprint density at radius 1 is 1.47 bits per heavy atom. The van der Waals surface area contributed by atoms with Crippen LogP contribution in [0.4, 0.5) is 0 Å². The standard InChI is InChI=1S/C14H16N2O2S/c1-3-8-16-13(17)11-6-4-5-7-12(11)15-14(16)19-10-9-18-2/h3-7H,1,8-10H2,2H3. The minimum atomic E-state index is -0.0228. The Kier molecular flexibility index (Phi) is 4.76. The number of rotatable bonds is 6. The van der Waals surface area contributed by atoms with Crippen LogP contribution >= 0.6 is 11.8 Å². The van der Waals surface area contributed by atoms with Crippen molar-refractivity contribution in [3.63, 3.8) is 0 Å². The van der Waals surface area contributed by atoms with Crippen molar-refractivity contribution in [2.45, 2.75) is 11.7 Å². The van der Waals surface area contributed by atoms with Gasteiger partial charge in [0.25, 0.3) is 5.56 Å². The summed E-state index contributed by atoms with van der Waals surface area (Å²) < 4.78 is 6.67. The molecular weight excluding hydrogens is 260 g/mol. The molecule has 100 valence electrons. The number of hydrogen-bond donors (Lipinski definition) is 0. The van der Waals surface area contributed by atoms with Gasteiger partial charge in [-0.1, -0.05) is 30.0 Å². The van der Waals surface area contributed by atoms with Gasteiger partial charge in [0.15, 0.2) is 5.16 Å². The van der Waals surface area contributed by atoms with E-state index in [0.717, 1.165) is 11.3 Å². The Morgan fingerprint density at radius 3 is 3.00 bits per heavy atom. The van der Waals surface area contributed by atoms with Crippen molar-refractivity contribution < 1.29 is 4.74 Å². The van der Waals surface area contributed by atoms with Gasteiger partial charge in [-0.05, 0) is 12.1 Å². The second-order valence-corrected chi connectivity index (χ2v) is 5.02. The fourth-order valence-electron chi connectivity index (χ4n) is 1.76. The summed E-state index contributed by atoms with van der Waals surface area (Å²) in [6.07, 6.45) is 1.71. The van der Waals surface area contributed by atoms with E-state index < -0.39 is 0 Å². The molecule has 2 rings (SSSR count). The van der Waals surface area contributed by atoms with Gasteiger partial charge in [-0.25, -0.2) is 4.98 Å². The highest BCUT2D eigenvalue weighted by atomic mass is 32.2. The molecule has 0 aliphatic carbocycles. The molecule has 0 aliphatic heterocycles. The van der Waals surface area contributed by atoms with E-state index in [9.17, 15) is 4.79 Å². The normalized spacial score (nSPS) is 10.8. The maximum atomic E-state index is 12.4. The van der Waals surface area contributed by atoms with E-state index in [1.165, 1.54) is 11.8 Å². The van der Waals surface area contributed by atoms with E-state index >= 15 is 0 Å². The zero-order chi connectivity index (χ0) is 13.7. The number of hydrogen-bond acceptors (Lipinski definition) is 4. The molecule has 0 N–H and O–H groups in total. The fraction of sp³-hybridized carbons (Fsp3) is 0.286. The van der Waals surface area contributed by atoms with Gasteiger partial charge in [0.1, 0.15) is 0 Å². The van der Waals surface area contributed by atoms with Gasteiger partial charge >= 0.3 is 0 Å². The third kappa shape index (κ3) is 3.05. The van der Waals surface area contributed by atoms with Crippen molar-refractivity contribution in [2.75, 3.05) is 19.5 Å². The lowest BCUT2D eigenvalue weighted by Crippen LogP contribution is -2.23. The summed E-state index contributed by atoms with van der Waals surface area (Å²) in [5, 5.41) is 1.35. The highest BCUT2D eigenvalue weighted by molar-refractivity contribution is 7.99. The van der Waals surface area contributed by atoms with Gasteiger partial charge in [-0.15, -0.1) is 6.58 Å². The molecule has 0 saturated carbocycles. The Labute approximate surface area is 116 Å². The first-order valence-electron chi connectivity index (χ1n) is 6.00. The van der Waals surface area contributed by atoms with Gasteiger partial charge in [0.05, 0.1) is 17.5 Å². The van der Waals surface area contributed by atoms with Crippen LogP contribution in [0.15, 0.2) is 46.9 Å². The quantitative estimate of drug-likeness (QED) is 0.351. The second kappa shape index (κ2) is 6.54. The van der Waals surface area contributed by atoms with Crippen LogP contribution in [0.2, 0.25) is 0 Å². The van der Waals surface area contributed by atoms with Crippen LogP contribution in [-0.2, 0) is 11.3 Å². The summed E-state index contributed by atoms with van der Waals surface area (Å²) in [6, 6.07) is 7.39. The lowest BCUT2D eigenvalue weighted by atomic mass is 10.2. The third-order valence-electron chi connectivity index (χ3n) is 2.66. The van der Waals surface area contributed by atoms with Gasteiger partial charge in [-0.3, -0.25) is 9.36 Å². The molecule has 0 unspecified atom stereocenters. The minimum Gasteiger partial charge on any atom is -0.384 e. The van der Waals surface area contributed by atoms with Crippen molar-refractivity contribution in [1.82, 2.24) is 9.55 Å². The molecule has 4 nitrogen and oxygen atoms in total. The average Bonchev–Trinajstić information content (AvgIpc) is 2.43. The molecule has 0 fully saturated rings. The molecule has 0 spiro atoms. The number of aromatic nitrogens is 2. The molecule has 19 heavy (non-hydrogen) atoms. The number of methoxy groups -OCH3 is 1. The number of benzene rings is 1. The van der Waals surface area contributed by atoms with Crippen molar-refractivity contribution >= 4 is 22.7 Å². The van der Waals surface area contributed by atoms with Crippen molar-refractivity contribution in [1.29, 1.82) is 0 Å². The van der Waals surface area contributed by atoms with Crippen LogP contribution in [0.5, 0.6) is 0 Å². The number of para-hydroxylation sites is 1. The van der Waals surface area contributed by atoms with E-state index in [-0.39, 0.29) is 5.56 Å². The second-order valence-electron chi connectivity index (χ2n) is 3.96. The van der Waals surface area contributed by atoms with Crippen LogP contribution in [0.1, 0.15) is 0 Å². The van der Waals surface area contributed by atoms with Crippen molar-refractivity contribution in [3.8, 4) is 0 Å². The molecule has 0 amide bonds. The summed E-state index contributed by atoms with van der Waals surface area (Å²) >= 11 is 1.52. The van der Waals surface area contributed by atoms with Gasteiger partial charge in [0.2, 0.25) is 0 Å². The summed E-state index contributed by atoms with van der Waals surface area (Å²) in [6.45, 7) is 4.78. The highest BCUT2D eigenvalue weighted by Crippen LogP contribution is 2.17. The Bertz CT molecular complexity index is 637. The molecule has 1 heterocycles. The smallest absolute Gasteiger partial charge is 0.262 e. The predicted molar refractivity (Wildman–Crippen MR) is 78.8 cm³/mol. The van der Waals surface area contributed by atoms with Gasteiger partial charge in [-0.2, -0.15) is 0 Å². The number of thioether (sulfide) groups is 1. The average molecular weight is 276 g/mol. The number of fused-ring (bicyclic) bond motifs is 1. The molecule has 2 aromatic rings. The first-order chi connectivity index (χ1) is 9.27. The van der Waals surface area contributed by atoms with Crippen molar-refractivity contribution in [3.05, 3.63) is 47.3 Å². The Balaban J connectivity index is 2.50. The van der Waals surface area contributed by atoms with Gasteiger partial charge < -0.3 is 4.74 Å². The zero-order valence-corrected chi connectivity index (χ0v) is 11.7. The molecule has 0 radical (unpaired) electrons. The molecular formula is C14H16N2O2S. The van der Waals surface area contributed by atoms with Crippen LogP contribution in [0.25, 0.3) is 10.9 Å². The summed E-state index contributed by atoms with van der Waals surface area (Å²) in [7, 11) is 1.66. The summed E-state index contributed by atoms with van der Waals surface area (Å²) in [5.41, 5.74) is 0.707. The van der Waals surface area contributed by atoms with E-state index in [1.807, 2.05) is 18.2 Å². The lowest BCUT2D eigenvalue weighted by molar-refractivity contribution is 0.218. The summed E-state index contributed by atoms with van der Waals surface area (Å²) in [5.74, 6) is 0.762. The maximum absolute atomic E-state index is 12.4. The largest absolute Gasteiger partial charge is 0.384 e. The monoisotopic (exact) mass is 276 g/mol. The molecule has 1 aromatic carbocycles. The van der Waals surface area contributed by atoms with Gasteiger partial charge in [0, 0.05) is 19.4 Å². The van der Waals surface area contributed by atoms with E-state index in [0.29, 0.717) is 23.7 Å². The van der Waals surface area contributed by atoms with E-state index in [4.69, 9.17) is 4.74 Å². The minimum absolute atomic E-state index is 0.0228. The molecule has 0 saturated heterocycles. The fourth-order valence-corrected chi connectivity index (χ4v) is 2.67. The zero-order valence-electron chi connectivity index (χ0n) is 10.8. The molecule has 0 aliphatic rings. The van der Waals surface area contributed by atoms with Crippen molar-refractivity contribution in [2.24, 2.45) is 0 Å². The molecule has 1 aromatic heterocycles. The highest BCUT2D eigenvalue weighted by Gasteiger charge is 2.09. The predicted octanol–water partition coefficient (Wildman–Crippen LogP) is 2.32. The van der Waals surface area contributed by atoms with Crippen LogP contribution in [-0.4, -0.2) is 29.0 Å². The van der Waals surface area contributed by atoms with Crippen LogP contribution in [0, 0.1) is 0 Å². The number of ether oxygens (including phenoxy) is 1. The van der Waals surface area contributed by atoms with Crippen LogP contribution < -0.4 is 5.56 Å². The third-order valence-corrected chi connectivity index (χ3v) is 3.60. The first-order valence-corrected chi connectivity index (χ1v) is 6.98. The van der Waals surface area contributed by atoms with E-state index in [2.05, 4.69) is 11.6 Å². The van der Waals surface area contributed by atoms with Crippen LogP contribution in [0.3, 0.4) is 0 Å². The lowest BCUT2D eigenvalue weighted by Gasteiger charge is -2.11. The summed E-state index contributed by atoms with van der Waals surface area (Å²) in [4.78, 5) is 17.0. The topological polar surface area (TPSA) is 44.1 Å². The SMILES string of the molecule is C=CCn1c(SCCOC)nc2ccccc2c1=O. The Hall–Kier alpha value is -1.59. The van der Waals surface area contributed by atoms with E-state index in [1.54, 1.807) is 23.8 Å². The first kappa shape index (κ1) is 13.8. The number of allylic oxidation sites excluding steroid dienone is 1. The molecule has 0 bridgehead atoms. The number of nitrogens with zero attached hydrogens (tertiary/aromatic N) is 2. The molecule has 5 heteroatoms. The molecule has 0 atom stereocenters. The Morgan fingerprint density at radius 2 is 2.26 bits per heavy atom.